The zero-order valence-electron chi connectivity index (χ0n) is 16.9. The highest BCUT2D eigenvalue weighted by Gasteiger charge is 2.16. The third kappa shape index (κ3) is 3.94. The molecule has 1 heterocycles. The number of nitrogens with one attached hydrogen (secondary N) is 1. The lowest BCUT2D eigenvalue weighted by Crippen LogP contribution is -1.96. The van der Waals surface area contributed by atoms with Gasteiger partial charge in [-0.25, -0.2) is 4.39 Å². The molecular formula is C26H22ClFN2. The summed E-state index contributed by atoms with van der Waals surface area (Å²) in [6, 6.07) is 19.3. The highest BCUT2D eigenvalue weighted by atomic mass is 35.5. The van der Waals surface area contributed by atoms with Crippen molar-refractivity contribution in [2.45, 2.75) is 20.3 Å². The van der Waals surface area contributed by atoms with Crippen molar-refractivity contribution in [2.24, 2.45) is 0 Å². The number of fused-ring (bicyclic) bond motifs is 1. The van der Waals surface area contributed by atoms with Crippen LogP contribution >= 0.6 is 11.6 Å². The summed E-state index contributed by atoms with van der Waals surface area (Å²) in [6.07, 6.45) is 6.67. The molecule has 0 aliphatic rings. The molecule has 0 fully saturated rings. The topological polar surface area (TPSA) is 28.7 Å². The zero-order valence-corrected chi connectivity index (χ0v) is 17.7. The average molecular weight is 417 g/mol. The number of H-pyrrole nitrogens is 1. The highest BCUT2D eigenvalue weighted by Crippen LogP contribution is 2.38. The molecule has 0 saturated heterocycles. The minimum absolute atomic E-state index is 0.337. The van der Waals surface area contributed by atoms with Crippen molar-refractivity contribution in [3.05, 3.63) is 106 Å². The Balaban J connectivity index is 1.98. The Morgan fingerprint density at radius 2 is 1.80 bits per heavy atom. The molecule has 0 atom stereocenters. The summed E-state index contributed by atoms with van der Waals surface area (Å²) in [4.78, 5) is 0. The van der Waals surface area contributed by atoms with Crippen molar-refractivity contribution in [2.75, 3.05) is 0 Å². The summed E-state index contributed by atoms with van der Waals surface area (Å²) in [5.74, 6) is -0.337. The van der Waals surface area contributed by atoms with Gasteiger partial charge in [0.1, 0.15) is 5.82 Å². The largest absolute Gasteiger partial charge is 0.278 e. The van der Waals surface area contributed by atoms with Crippen LogP contribution in [0.1, 0.15) is 42.5 Å². The van der Waals surface area contributed by atoms with E-state index in [2.05, 4.69) is 59.6 Å². The Bertz CT molecular complexity index is 1250. The minimum Gasteiger partial charge on any atom is -0.278 e. The fourth-order valence-electron chi connectivity index (χ4n) is 3.80. The molecule has 0 aliphatic heterocycles. The van der Waals surface area contributed by atoms with Crippen LogP contribution in [0.4, 0.5) is 4.39 Å². The lowest BCUT2D eigenvalue weighted by Gasteiger charge is -2.17. The molecule has 2 nitrogen and oxygen atoms in total. The smallest absolute Gasteiger partial charge is 0.124 e. The Morgan fingerprint density at radius 3 is 2.50 bits per heavy atom. The van der Waals surface area contributed by atoms with Crippen LogP contribution in [-0.2, 0) is 0 Å². The standard InChI is InChI=1S/C26H22ClFN2/c1-3-5-17-6-8-18(9-7-17)26(19-10-13-25-20(14-19)16-29-30-25)22(4-2)23-12-11-21(28)15-24(23)27/h3,5-16H,4H2,1-2H3,(H,29,30)/b5-3+,26-22+. The summed E-state index contributed by atoms with van der Waals surface area (Å²) in [5.41, 5.74) is 7.29. The van der Waals surface area contributed by atoms with Crippen LogP contribution in [0.3, 0.4) is 0 Å². The van der Waals surface area contributed by atoms with Gasteiger partial charge in [-0.05, 0) is 71.0 Å². The molecule has 0 amide bonds. The van der Waals surface area contributed by atoms with Gasteiger partial charge < -0.3 is 0 Å². The van der Waals surface area contributed by atoms with Crippen molar-refractivity contribution >= 4 is 39.7 Å². The predicted molar refractivity (Wildman–Crippen MR) is 125 cm³/mol. The first-order valence-electron chi connectivity index (χ1n) is 9.96. The van der Waals surface area contributed by atoms with Crippen LogP contribution < -0.4 is 0 Å². The number of benzene rings is 3. The van der Waals surface area contributed by atoms with E-state index in [1.54, 1.807) is 6.07 Å². The summed E-state index contributed by atoms with van der Waals surface area (Å²) in [5, 5.41) is 8.60. The first kappa shape index (κ1) is 20.1. The molecular weight excluding hydrogens is 395 g/mol. The Hall–Kier alpha value is -3.17. The Kier molecular flexibility index (Phi) is 5.82. The number of rotatable bonds is 5. The van der Waals surface area contributed by atoms with Crippen LogP contribution in [-0.4, -0.2) is 10.2 Å². The molecule has 4 aromatic rings. The van der Waals surface area contributed by atoms with Gasteiger partial charge in [-0.15, -0.1) is 0 Å². The lowest BCUT2D eigenvalue weighted by molar-refractivity contribution is 0.628. The van der Waals surface area contributed by atoms with Gasteiger partial charge in [0.2, 0.25) is 0 Å². The Morgan fingerprint density at radius 1 is 1.03 bits per heavy atom. The molecule has 3 aromatic carbocycles. The van der Waals surface area contributed by atoms with Crippen LogP contribution in [0, 0.1) is 5.82 Å². The molecule has 150 valence electrons. The van der Waals surface area contributed by atoms with Crippen LogP contribution in [0.2, 0.25) is 5.02 Å². The van der Waals surface area contributed by atoms with Crippen LogP contribution in [0.15, 0.2) is 72.9 Å². The minimum atomic E-state index is -0.337. The number of aromatic amines is 1. The van der Waals surface area contributed by atoms with Crippen molar-refractivity contribution in [1.29, 1.82) is 0 Å². The number of allylic oxidation sites excluding steroid dienone is 2. The second-order valence-electron chi connectivity index (χ2n) is 7.13. The molecule has 0 spiro atoms. The van der Waals surface area contributed by atoms with E-state index >= 15 is 0 Å². The molecule has 30 heavy (non-hydrogen) atoms. The van der Waals surface area contributed by atoms with Crippen molar-refractivity contribution in [3.63, 3.8) is 0 Å². The number of hydrogen-bond acceptors (Lipinski definition) is 1. The maximum Gasteiger partial charge on any atom is 0.124 e. The van der Waals surface area contributed by atoms with Crippen molar-refractivity contribution in [3.8, 4) is 0 Å². The first-order chi connectivity index (χ1) is 14.6. The number of halogens is 2. The van der Waals surface area contributed by atoms with E-state index in [0.29, 0.717) is 5.02 Å². The second kappa shape index (κ2) is 8.68. The molecule has 1 N–H and O–H groups in total. The van der Waals surface area contributed by atoms with E-state index in [1.165, 1.54) is 12.1 Å². The number of nitrogens with zero attached hydrogens (tertiary/aromatic N) is 1. The van der Waals surface area contributed by atoms with Gasteiger partial charge in [0, 0.05) is 5.39 Å². The molecule has 4 heteroatoms. The average Bonchev–Trinajstić information content (AvgIpc) is 3.21. The predicted octanol–water partition coefficient (Wildman–Crippen LogP) is 7.76. The van der Waals surface area contributed by atoms with E-state index in [1.807, 2.05) is 25.3 Å². The highest BCUT2D eigenvalue weighted by molar-refractivity contribution is 6.32. The van der Waals surface area contributed by atoms with E-state index in [9.17, 15) is 4.39 Å². The maximum atomic E-state index is 13.7. The monoisotopic (exact) mass is 416 g/mol. The SMILES string of the molecule is C/C=C/c1ccc(/C(=C(/CC)c2ccc(F)cc2Cl)c2ccc3[nH]ncc3c2)cc1. The van der Waals surface area contributed by atoms with E-state index in [0.717, 1.165) is 50.7 Å². The van der Waals surface area contributed by atoms with Gasteiger partial charge in [-0.1, -0.05) is 67.1 Å². The van der Waals surface area contributed by atoms with Gasteiger partial charge in [0.15, 0.2) is 0 Å². The lowest BCUT2D eigenvalue weighted by atomic mass is 9.87. The molecule has 0 aliphatic carbocycles. The molecule has 0 bridgehead atoms. The van der Waals surface area contributed by atoms with Crippen LogP contribution in [0.5, 0.6) is 0 Å². The van der Waals surface area contributed by atoms with E-state index < -0.39 is 0 Å². The maximum absolute atomic E-state index is 13.7. The fourth-order valence-corrected chi connectivity index (χ4v) is 4.08. The molecule has 0 unspecified atom stereocenters. The number of hydrogen-bond donors (Lipinski definition) is 1. The van der Waals surface area contributed by atoms with E-state index in [-0.39, 0.29) is 5.82 Å². The van der Waals surface area contributed by atoms with Gasteiger partial charge in [0.25, 0.3) is 0 Å². The van der Waals surface area contributed by atoms with Crippen molar-refractivity contribution < 1.29 is 4.39 Å². The van der Waals surface area contributed by atoms with Gasteiger partial charge >= 0.3 is 0 Å². The summed E-state index contributed by atoms with van der Waals surface area (Å²) in [6.45, 7) is 4.10. The number of aromatic nitrogens is 2. The summed E-state index contributed by atoms with van der Waals surface area (Å²) in [7, 11) is 0. The molecule has 1 aromatic heterocycles. The van der Waals surface area contributed by atoms with E-state index in [4.69, 9.17) is 11.6 Å². The second-order valence-corrected chi connectivity index (χ2v) is 7.53. The van der Waals surface area contributed by atoms with Gasteiger partial charge in [0.05, 0.1) is 16.7 Å². The Labute approximate surface area is 180 Å². The third-order valence-corrected chi connectivity index (χ3v) is 5.51. The van der Waals surface area contributed by atoms with Gasteiger partial charge in [-0.3, -0.25) is 5.10 Å². The normalized spacial score (nSPS) is 12.5. The third-order valence-electron chi connectivity index (χ3n) is 5.20. The van der Waals surface area contributed by atoms with Crippen LogP contribution in [0.25, 0.3) is 28.1 Å². The fraction of sp³-hybridized carbons (Fsp3) is 0.115. The molecule has 0 saturated carbocycles. The van der Waals surface area contributed by atoms with Gasteiger partial charge in [-0.2, -0.15) is 5.10 Å². The summed E-state index contributed by atoms with van der Waals surface area (Å²) >= 11 is 6.47. The molecule has 4 rings (SSSR count). The summed E-state index contributed by atoms with van der Waals surface area (Å²) < 4.78 is 13.7. The quantitative estimate of drug-likeness (QED) is 0.331. The van der Waals surface area contributed by atoms with Crippen molar-refractivity contribution in [1.82, 2.24) is 10.2 Å². The first-order valence-corrected chi connectivity index (χ1v) is 10.3. The zero-order chi connectivity index (χ0) is 21.1. The molecule has 0 radical (unpaired) electrons.